The van der Waals surface area contributed by atoms with Gasteiger partial charge in [0.15, 0.2) is 0 Å². The molecular formula is C13H12F2N2. The van der Waals surface area contributed by atoms with Crippen LogP contribution < -0.4 is 5.32 Å². The van der Waals surface area contributed by atoms with Gasteiger partial charge >= 0.3 is 0 Å². The van der Waals surface area contributed by atoms with Crippen LogP contribution in [0, 0.1) is 11.6 Å². The Morgan fingerprint density at radius 2 is 1.94 bits per heavy atom. The number of pyridine rings is 1. The van der Waals surface area contributed by atoms with Crippen molar-refractivity contribution in [2.24, 2.45) is 0 Å². The maximum Gasteiger partial charge on any atom is 0.142 e. The van der Waals surface area contributed by atoms with E-state index in [-0.39, 0.29) is 5.82 Å². The molecule has 1 aromatic carbocycles. The number of hydrogen-bond donors (Lipinski definition) is 1. The van der Waals surface area contributed by atoms with Crippen molar-refractivity contribution in [2.45, 2.75) is 6.54 Å². The Bertz CT molecular complexity index is 527. The highest BCUT2D eigenvalue weighted by atomic mass is 19.1. The highest BCUT2D eigenvalue weighted by Gasteiger charge is 2.05. The van der Waals surface area contributed by atoms with Gasteiger partial charge in [-0.2, -0.15) is 0 Å². The molecule has 88 valence electrons. The number of rotatable bonds is 3. The van der Waals surface area contributed by atoms with Gasteiger partial charge in [-0.25, -0.2) is 8.78 Å². The predicted octanol–water partition coefficient (Wildman–Crippen LogP) is 2.75. The standard InChI is InChI=1S/C13H12F2N2/c1-16-6-11-4-9(2-3-13(11)15)10-5-12(14)8-17-7-10/h2-5,7-8,16H,6H2,1H3. The quantitative estimate of drug-likeness (QED) is 0.883. The van der Waals surface area contributed by atoms with Gasteiger partial charge in [0.1, 0.15) is 11.6 Å². The van der Waals surface area contributed by atoms with E-state index in [9.17, 15) is 8.78 Å². The van der Waals surface area contributed by atoms with E-state index in [4.69, 9.17) is 0 Å². The first kappa shape index (κ1) is 11.7. The molecule has 0 spiro atoms. The van der Waals surface area contributed by atoms with Crippen LogP contribution in [0.15, 0.2) is 36.7 Å². The lowest BCUT2D eigenvalue weighted by molar-refractivity contribution is 0.601. The zero-order chi connectivity index (χ0) is 12.3. The molecule has 17 heavy (non-hydrogen) atoms. The molecule has 2 rings (SSSR count). The lowest BCUT2D eigenvalue weighted by atomic mass is 10.0. The van der Waals surface area contributed by atoms with Crippen LogP contribution in [0.2, 0.25) is 0 Å². The molecule has 0 aliphatic carbocycles. The Morgan fingerprint density at radius 3 is 2.65 bits per heavy atom. The summed E-state index contributed by atoms with van der Waals surface area (Å²) in [4.78, 5) is 3.77. The number of halogens is 2. The zero-order valence-corrected chi connectivity index (χ0v) is 9.37. The average molecular weight is 234 g/mol. The van der Waals surface area contributed by atoms with Crippen LogP contribution in [0.5, 0.6) is 0 Å². The Kier molecular flexibility index (Phi) is 3.44. The SMILES string of the molecule is CNCc1cc(-c2cncc(F)c2)ccc1F. The minimum absolute atomic E-state index is 0.271. The molecule has 1 heterocycles. The monoisotopic (exact) mass is 234 g/mol. The minimum Gasteiger partial charge on any atom is -0.316 e. The molecule has 2 nitrogen and oxygen atoms in total. The molecule has 1 N–H and O–H groups in total. The first-order valence-corrected chi connectivity index (χ1v) is 5.24. The lowest BCUT2D eigenvalue weighted by Gasteiger charge is -2.06. The van der Waals surface area contributed by atoms with Crippen LogP contribution in [0.25, 0.3) is 11.1 Å². The molecule has 0 amide bonds. The zero-order valence-electron chi connectivity index (χ0n) is 9.37. The maximum absolute atomic E-state index is 13.4. The van der Waals surface area contributed by atoms with Crippen LogP contribution in [-0.4, -0.2) is 12.0 Å². The van der Waals surface area contributed by atoms with Crippen molar-refractivity contribution < 1.29 is 8.78 Å². The van der Waals surface area contributed by atoms with Crippen molar-refractivity contribution >= 4 is 0 Å². The largest absolute Gasteiger partial charge is 0.316 e. The average Bonchev–Trinajstić information content (AvgIpc) is 2.32. The van der Waals surface area contributed by atoms with Crippen LogP contribution in [0.1, 0.15) is 5.56 Å². The predicted molar refractivity (Wildman–Crippen MR) is 62.4 cm³/mol. The Labute approximate surface area is 98.3 Å². The molecule has 2 aromatic rings. The minimum atomic E-state index is -0.401. The Balaban J connectivity index is 2.42. The molecule has 0 aliphatic heterocycles. The van der Waals surface area contributed by atoms with Crippen molar-refractivity contribution in [2.75, 3.05) is 7.05 Å². The molecule has 0 atom stereocenters. The van der Waals surface area contributed by atoms with Gasteiger partial charge in [0.2, 0.25) is 0 Å². The summed E-state index contributed by atoms with van der Waals surface area (Å²) >= 11 is 0. The van der Waals surface area contributed by atoms with Gasteiger partial charge in [-0.05, 0) is 30.8 Å². The highest BCUT2D eigenvalue weighted by molar-refractivity contribution is 5.63. The molecule has 0 aliphatic rings. The summed E-state index contributed by atoms with van der Waals surface area (Å²) in [7, 11) is 1.75. The maximum atomic E-state index is 13.4. The van der Waals surface area contributed by atoms with Gasteiger partial charge in [-0.1, -0.05) is 6.07 Å². The molecular weight excluding hydrogens is 222 g/mol. The smallest absolute Gasteiger partial charge is 0.142 e. The van der Waals surface area contributed by atoms with Crippen LogP contribution in [0.4, 0.5) is 8.78 Å². The van der Waals surface area contributed by atoms with Crippen molar-refractivity contribution in [1.29, 1.82) is 0 Å². The third-order valence-corrected chi connectivity index (χ3v) is 2.45. The van der Waals surface area contributed by atoms with Crippen LogP contribution in [-0.2, 0) is 6.54 Å². The fraction of sp³-hybridized carbons (Fsp3) is 0.154. The highest BCUT2D eigenvalue weighted by Crippen LogP contribution is 2.22. The van der Waals surface area contributed by atoms with E-state index in [1.165, 1.54) is 12.1 Å². The molecule has 0 saturated heterocycles. The van der Waals surface area contributed by atoms with Crippen LogP contribution >= 0.6 is 0 Å². The molecule has 4 heteroatoms. The molecule has 0 fully saturated rings. The number of aromatic nitrogens is 1. The molecule has 1 aromatic heterocycles. The number of benzene rings is 1. The summed E-state index contributed by atoms with van der Waals surface area (Å²) in [5.41, 5.74) is 1.94. The number of nitrogens with one attached hydrogen (secondary N) is 1. The van der Waals surface area contributed by atoms with Crippen molar-refractivity contribution in [3.8, 4) is 11.1 Å². The fourth-order valence-corrected chi connectivity index (χ4v) is 1.65. The first-order chi connectivity index (χ1) is 8.20. The summed E-state index contributed by atoms with van der Waals surface area (Å²) in [5, 5.41) is 2.89. The second kappa shape index (κ2) is 5.01. The third kappa shape index (κ3) is 2.65. The second-order valence-corrected chi connectivity index (χ2v) is 3.73. The van der Waals surface area contributed by atoms with Crippen molar-refractivity contribution in [1.82, 2.24) is 10.3 Å². The van der Waals surface area contributed by atoms with E-state index in [1.54, 1.807) is 25.4 Å². The second-order valence-electron chi connectivity index (χ2n) is 3.73. The van der Waals surface area contributed by atoms with Gasteiger partial charge in [0.25, 0.3) is 0 Å². The van der Waals surface area contributed by atoms with Gasteiger partial charge in [-0.3, -0.25) is 4.98 Å². The van der Waals surface area contributed by atoms with Gasteiger partial charge < -0.3 is 5.32 Å². The summed E-state index contributed by atoms with van der Waals surface area (Å²) in [6.07, 6.45) is 2.70. The molecule has 0 bridgehead atoms. The van der Waals surface area contributed by atoms with Gasteiger partial charge in [0, 0.05) is 23.9 Å². The van der Waals surface area contributed by atoms with E-state index in [0.717, 1.165) is 11.8 Å². The van der Waals surface area contributed by atoms with E-state index >= 15 is 0 Å². The molecule has 0 radical (unpaired) electrons. The van der Waals surface area contributed by atoms with Gasteiger partial charge in [-0.15, -0.1) is 0 Å². The number of hydrogen-bond acceptors (Lipinski definition) is 2. The summed E-state index contributed by atoms with van der Waals surface area (Å²) < 4.78 is 26.5. The summed E-state index contributed by atoms with van der Waals surface area (Å²) in [5.74, 6) is -0.672. The normalized spacial score (nSPS) is 10.5. The summed E-state index contributed by atoms with van der Waals surface area (Å²) in [6.45, 7) is 0.433. The fourth-order valence-electron chi connectivity index (χ4n) is 1.65. The Morgan fingerprint density at radius 1 is 1.12 bits per heavy atom. The van der Waals surface area contributed by atoms with E-state index in [2.05, 4.69) is 10.3 Å². The molecule has 0 saturated carbocycles. The topological polar surface area (TPSA) is 24.9 Å². The first-order valence-electron chi connectivity index (χ1n) is 5.24. The number of nitrogens with zero attached hydrogens (tertiary/aromatic N) is 1. The summed E-state index contributed by atoms with van der Waals surface area (Å²) in [6, 6.07) is 6.07. The van der Waals surface area contributed by atoms with Crippen molar-refractivity contribution in [3.05, 3.63) is 53.9 Å². The van der Waals surface area contributed by atoms with Gasteiger partial charge in [0.05, 0.1) is 6.20 Å². The van der Waals surface area contributed by atoms with Crippen LogP contribution in [0.3, 0.4) is 0 Å². The van der Waals surface area contributed by atoms with E-state index < -0.39 is 5.82 Å². The lowest BCUT2D eigenvalue weighted by Crippen LogP contribution is -2.07. The molecule has 0 unspecified atom stereocenters. The third-order valence-electron chi connectivity index (χ3n) is 2.45. The van der Waals surface area contributed by atoms with E-state index in [1.807, 2.05) is 0 Å². The van der Waals surface area contributed by atoms with E-state index in [0.29, 0.717) is 17.7 Å². The Hall–Kier alpha value is -1.81. The van der Waals surface area contributed by atoms with Crippen molar-refractivity contribution in [3.63, 3.8) is 0 Å².